The van der Waals surface area contributed by atoms with Crippen LogP contribution in [0.1, 0.15) is 49.5 Å². The van der Waals surface area contributed by atoms with E-state index in [4.69, 9.17) is 9.84 Å². The van der Waals surface area contributed by atoms with Crippen LogP contribution >= 0.6 is 0 Å². The molecule has 10 nitrogen and oxygen atoms in total. The lowest BCUT2D eigenvalue weighted by Gasteiger charge is -2.44. The van der Waals surface area contributed by atoms with E-state index in [0.717, 1.165) is 11.3 Å². The van der Waals surface area contributed by atoms with E-state index in [1.54, 1.807) is 47.2 Å². The summed E-state index contributed by atoms with van der Waals surface area (Å²) in [5, 5.41) is 11.6. The van der Waals surface area contributed by atoms with Gasteiger partial charge in [0.15, 0.2) is 6.61 Å². The number of amides is 3. The number of aryl methyl sites for hydroxylation is 1. The second-order valence-electron chi connectivity index (χ2n) is 11.0. The van der Waals surface area contributed by atoms with E-state index in [-0.39, 0.29) is 23.3 Å². The van der Waals surface area contributed by atoms with Gasteiger partial charge in [-0.2, -0.15) is 0 Å². The number of likely N-dealkylation sites (tertiary alicyclic amines) is 1. The zero-order valence-electron chi connectivity index (χ0n) is 23.9. The molecule has 0 aliphatic carbocycles. The quantitative estimate of drug-likeness (QED) is 0.478. The number of piperidine rings is 1. The molecular weight excluding hydrogens is 531 g/mol. The molecule has 2 aromatic rings. The van der Waals surface area contributed by atoms with Gasteiger partial charge in [0, 0.05) is 25.8 Å². The Hall–Kier alpha value is -4.15. The van der Waals surface area contributed by atoms with Gasteiger partial charge in [-0.25, -0.2) is 9.18 Å². The lowest BCUT2D eigenvalue weighted by molar-refractivity contribution is -0.139. The first-order valence-electron chi connectivity index (χ1n) is 13.8. The standard InChI is InChI=1S/C30H37FN4O6/c1-5-20-6-11-24(31)23(16-20)27(38)32-26(19(2)3)28(39)34-14-12-30(13-15-34)29(40)33(4)18-35(30)21-7-9-22(10-8-21)41-17-25(36)37/h6-11,16,19,26H,5,12-15,17-18H2,1-4H3,(H,32,38)(H,36,37)/t26-/m1/s1. The van der Waals surface area contributed by atoms with Crippen LogP contribution in [0.25, 0.3) is 0 Å². The molecular formula is C30H37FN4O6. The van der Waals surface area contributed by atoms with Gasteiger partial charge >= 0.3 is 5.97 Å². The molecule has 2 aromatic carbocycles. The van der Waals surface area contributed by atoms with Crippen LogP contribution in [0.2, 0.25) is 0 Å². The van der Waals surface area contributed by atoms with Crippen molar-refractivity contribution in [2.24, 2.45) is 5.92 Å². The Labute approximate surface area is 239 Å². The number of carbonyl (C=O) groups excluding carboxylic acids is 3. The highest BCUT2D eigenvalue weighted by atomic mass is 19.1. The molecule has 0 aromatic heterocycles. The van der Waals surface area contributed by atoms with Crippen molar-refractivity contribution in [3.05, 3.63) is 59.4 Å². The van der Waals surface area contributed by atoms with Crippen molar-refractivity contribution >= 4 is 29.4 Å². The molecule has 0 bridgehead atoms. The van der Waals surface area contributed by atoms with Crippen molar-refractivity contribution in [2.75, 3.05) is 38.3 Å². The van der Waals surface area contributed by atoms with Crippen LogP contribution in [0, 0.1) is 11.7 Å². The lowest BCUT2D eigenvalue weighted by atomic mass is 9.85. The second-order valence-corrected chi connectivity index (χ2v) is 11.0. The molecule has 0 radical (unpaired) electrons. The molecule has 1 atom stereocenters. The monoisotopic (exact) mass is 568 g/mol. The molecule has 41 heavy (non-hydrogen) atoms. The fourth-order valence-electron chi connectivity index (χ4n) is 5.55. The summed E-state index contributed by atoms with van der Waals surface area (Å²) in [6.07, 6.45) is 1.44. The number of likely N-dealkylation sites (N-methyl/N-ethyl adjacent to an activating group) is 1. The summed E-state index contributed by atoms with van der Waals surface area (Å²) in [7, 11) is 1.74. The number of nitrogens with zero attached hydrogens (tertiary/aromatic N) is 3. The van der Waals surface area contributed by atoms with Gasteiger partial charge < -0.3 is 29.9 Å². The van der Waals surface area contributed by atoms with Crippen LogP contribution < -0.4 is 15.0 Å². The minimum Gasteiger partial charge on any atom is -0.482 e. The van der Waals surface area contributed by atoms with Crippen molar-refractivity contribution in [3.63, 3.8) is 0 Å². The summed E-state index contributed by atoms with van der Waals surface area (Å²) in [6.45, 7) is 6.12. The van der Waals surface area contributed by atoms with E-state index in [1.165, 1.54) is 12.1 Å². The number of hydrogen-bond donors (Lipinski definition) is 2. The van der Waals surface area contributed by atoms with E-state index >= 15 is 0 Å². The number of ether oxygens (including phenoxy) is 1. The fourth-order valence-corrected chi connectivity index (χ4v) is 5.55. The number of carboxylic acids is 1. The maximum absolute atomic E-state index is 14.4. The van der Waals surface area contributed by atoms with Crippen molar-refractivity contribution in [2.45, 2.75) is 51.6 Å². The second kappa shape index (κ2) is 12.2. The number of hydrogen-bond acceptors (Lipinski definition) is 6. The summed E-state index contributed by atoms with van der Waals surface area (Å²) >= 11 is 0. The molecule has 11 heteroatoms. The molecule has 2 N–H and O–H groups in total. The van der Waals surface area contributed by atoms with E-state index in [2.05, 4.69) is 5.32 Å². The number of carboxylic acid groups (broad SMARTS) is 1. The first-order valence-corrected chi connectivity index (χ1v) is 13.8. The number of halogens is 1. The Bertz CT molecular complexity index is 1310. The number of benzene rings is 2. The van der Waals surface area contributed by atoms with Crippen LogP contribution in [0.4, 0.5) is 10.1 Å². The third kappa shape index (κ3) is 6.13. The minimum absolute atomic E-state index is 0.0317. The summed E-state index contributed by atoms with van der Waals surface area (Å²) in [5.41, 5.74) is 0.683. The summed E-state index contributed by atoms with van der Waals surface area (Å²) in [5.74, 6) is -2.47. The average molecular weight is 569 g/mol. The average Bonchev–Trinajstić information content (AvgIpc) is 3.19. The summed E-state index contributed by atoms with van der Waals surface area (Å²) in [4.78, 5) is 56.2. The molecule has 220 valence electrons. The molecule has 2 saturated heterocycles. The van der Waals surface area contributed by atoms with Gasteiger partial charge in [0.05, 0.1) is 12.2 Å². The van der Waals surface area contributed by atoms with Crippen molar-refractivity contribution in [1.82, 2.24) is 15.1 Å². The zero-order valence-corrected chi connectivity index (χ0v) is 23.9. The van der Waals surface area contributed by atoms with Gasteiger partial charge in [0.1, 0.15) is 23.1 Å². The van der Waals surface area contributed by atoms with E-state index < -0.39 is 35.9 Å². The molecule has 0 unspecified atom stereocenters. The molecule has 3 amide bonds. The first kappa shape index (κ1) is 29.8. The van der Waals surface area contributed by atoms with Gasteiger partial charge in [0.25, 0.3) is 5.91 Å². The topological polar surface area (TPSA) is 119 Å². The normalized spacial score (nSPS) is 17.2. The van der Waals surface area contributed by atoms with Gasteiger partial charge in [-0.15, -0.1) is 0 Å². The van der Waals surface area contributed by atoms with Crippen LogP contribution in [0.3, 0.4) is 0 Å². The van der Waals surface area contributed by atoms with Gasteiger partial charge in [0.2, 0.25) is 11.8 Å². The Morgan fingerprint density at radius 3 is 2.34 bits per heavy atom. The first-order chi connectivity index (χ1) is 19.5. The Balaban J connectivity index is 1.47. The molecule has 1 spiro atoms. The van der Waals surface area contributed by atoms with Gasteiger partial charge in [-0.1, -0.05) is 26.8 Å². The highest BCUT2D eigenvalue weighted by Crippen LogP contribution is 2.39. The van der Waals surface area contributed by atoms with E-state index in [9.17, 15) is 23.6 Å². The predicted molar refractivity (Wildman–Crippen MR) is 150 cm³/mol. The number of carbonyl (C=O) groups is 4. The van der Waals surface area contributed by atoms with Crippen LogP contribution in [-0.4, -0.2) is 83.6 Å². The van der Waals surface area contributed by atoms with E-state index in [0.29, 0.717) is 44.8 Å². The van der Waals surface area contributed by atoms with Gasteiger partial charge in [-0.05, 0) is 67.1 Å². The maximum atomic E-state index is 14.4. The largest absolute Gasteiger partial charge is 0.482 e. The number of nitrogens with one attached hydrogen (secondary N) is 1. The molecule has 2 fully saturated rings. The van der Waals surface area contributed by atoms with Crippen LogP contribution in [0.15, 0.2) is 42.5 Å². The zero-order chi connectivity index (χ0) is 29.9. The Kier molecular flexibility index (Phi) is 8.84. The predicted octanol–water partition coefficient (Wildman–Crippen LogP) is 2.90. The molecule has 2 heterocycles. The highest BCUT2D eigenvalue weighted by molar-refractivity contribution is 5.98. The maximum Gasteiger partial charge on any atom is 0.341 e. The SMILES string of the molecule is CCc1ccc(F)c(C(=O)N[C@@H](C(=O)N2CCC3(CC2)C(=O)N(C)CN3c2ccc(OCC(=O)O)cc2)C(C)C)c1. The molecule has 0 saturated carbocycles. The third-order valence-corrected chi connectivity index (χ3v) is 7.93. The Morgan fingerprint density at radius 2 is 1.76 bits per heavy atom. The van der Waals surface area contributed by atoms with E-state index in [1.807, 2.05) is 25.7 Å². The lowest BCUT2D eigenvalue weighted by Crippen LogP contribution is -2.60. The van der Waals surface area contributed by atoms with Crippen molar-refractivity contribution < 1.29 is 33.4 Å². The fraction of sp³-hybridized carbons (Fsp3) is 0.467. The third-order valence-electron chi connectivity index (χ3n) is 7.93. The smallest absolute Gasteiger partial charge is 0.341 e. The van der Waals surface area contributed by atoms with Gasteiger partial charge in [-0.3, -0.25) is 14.4 Å². The van der Waals surface area contributed by atoms with Crippen molar-refractivity contribution in [3.8, 4) is 5.75 Å². The Morgan fingerprint density at radius 1 is 1.10 bits per heavy atom. The number of rotatable bonds is 9. The van der Waals surface area contributed by atoms with Crippen LogP contribution in [0.5, 0.6) is 5.75 Å². The summed E-state index contributed by atoms with van der Waals surface area (Å²) < 4.78 is 19.7. The number of aliphatic carboxylic acids is 1. The van der Waals surface area contributed by atoms with Crippen LogP contribution in [-0.2, 0) is 20.8 Å². The summed E-state index contributed by atoms with van der Waals surface area (Å²) in [6, 6.07) is 10.5. The molecule has 2 aliphatic rings. The molecule has 4 rings (SSSR count). The van der Waals surface area contributed by atoms with Crippen molar-refractivity contribution in [1.29, 1.82) is 0 Å². The number of anilines is 1. The minimum atomic E-state index is -1.07. The molecule has 2 aliphatic heterocycles. The highest BCUT2D eigenvalue weighted by Gasteiger charge is 2.53.